The van der Waals surface area contributed by atoms with E-state index in [1.54, 1.807) is 6.92 Å². The molecule has 0 aliphatic heterocycles. The zero-order valence-corrected chi connectivity index (χ0v) is 11.3. The molecule has 110 valence electrons. The molecule has 0 aromatic carbocycles. The first kappa shape index (κ1) is 14.3. The third-order valence-corrected chi connectivity index (χ3v) is 3.76. The number of amides is 2. The van der Waals surface area contributed by atoms with Gasteiger partial charge in [-0.25, -0.2) is 9.78 Å². The Morgan fingerprint density at radius 1 is 1.55 bits per heavy atom. The molecule has 8 nitrogen and oxygen atoms in total. The maximum Gasteiger partial charge on any atom is 0.315 e. The second-order valence-electron chi connectivity index (χ2n) is 5.34. The molecule has 1 fully saturated rings. The lowest BCUT2D eigenvalue weighted by Crippen LogP contribution is -2.47. The van der Waals surface area contributed by atoms with Crippen molar-refractivity contribution in [2.75, 3.05) is 6.54 Å². The van der Waals surface area contributed by atoms with Crippen molar-refractivity contribution in [2.24, 2.45) is 5.41 Å². The largest absolute Gasteiger partial charge is 0.481 e. The third kappa shape index (κ3) is 3.46. The van der Waals surface area contributed by atoms with Gasteiger partial charge in [0.1, 0.15) is 12.2 Å². The molecule has 0 bridgehead atoms. The normalized spacial score (nSPS) is 17.9. The van der Waals surface area contributed by atoms with E-state index in [2.05, 4.69) is 25.8 Å². The van der Waals surface area contributed by atoms with Crippen LogP contribution in [0.5, 0.6) is 0 Å². The van der Waals surface area contributed by atoms with Gasteiger partial charge in [-0.05, 0) is 25.2 Å². The van der Waals surface area contributed by atoms with Gasteiger partial charge in [-0.2, -0.15) is 5.10 Å². The highest BCUT2D eigenvalue weighted by atomic mass is 16.4. The number of hydrogen-bond donors (Lipinski definition) is 4. The van der Waals surface area contributed by atoms with Crippen LogP contribution in [0.4, 0.5) is 4.79 Å². The Morgan fingerprint density at radius 2 is 2.30 bits per heavy atom. The van der Waals surface area contributed by atoms with E-state index >= 15 is 0 Å². The van der Waals surface area contributed by atoms with Crippen LogP contribution in [0.2, 0.25) is 0 Å². The summed E-state index contributed by atoms with van der Waals surface area (Å²) in [5.41, 5.74) is -0.279. The minimum absolute atomic E-state index is 0.102. The van der Waals surface area contributed by atoms with Gasteiger partial charge < -0.3 is 15.7 Å². The van der Waals surface area contributed by atoms with Crippen molar-refractivity contribution < 1.29 is 14.7 Å². The van der Waals surface area contributed by atoms with E-state index in [4.69, 9.17) is 5.11 Å². The number of aromatic nitrogens is 3. The fourth-order valence-corrected chi connectivity index (χ4v) is 2.42. The van der Waals surface area contributed by atoms with Gasteiger partial charge in [-0.1, -0.05) is 6.42 Å². The quantitative estimate of drug-likeness (QED) is 0.615. The van der Waals surface area contributed by atoms with Gasteiger partial charge in [-0.3, -0.25) is 9.89 Å². The van der Waals surface area contributed by atoms with Crippen molar-refractivity contribution in [2.45, 2.75) is 38.6 Å². The van der Waals surface area contributed by atoms with Crippen molar-refractivity contribution in [1.29, 1.82) is 0 Å². The lowest BCUT2D eigenvalue weighted by Gasteiger charge is -2.40. The van der Waals surface area contributed by atoms with Crippen molar-refractivity contribution in [1.82, 2.24) is 25.8 Å². The number of carboxylic acid groups (broad SMARTS) is 1. The molecule has 1 aromatic rings. The molecule has 1 aliphatic carbocycles. The van der Waals surface area contributed by atoms with Crippen LogP contribution in [0.25, 0.3) is 0 Å². The van der Waals surface area contributed by atoms with Crippen LogP contribution < -0.4 is 10.6 Å². The highest BCUT2D eigenvalue weighted by Gasteiger charge is 2.39. The monoisotopic (exact) mass is 281 g/mol. The minimum Gasteiger partial charge on any atom is -0.481 e. The van der Waals surface area contributed by atoms with Crippen LogP contribution in [-0.2, 0) is 4.79 Å². The van der Waals surface area contributed by atoms with Crippen molar-refractivity contribution >= 4 is 12.0 Å². The van der Waals surface area contributed by atoms with Crippen molar-refractivity contribution in [3.63, 3.8) is 0 Å². The van der Waals surface area contributed by atoms with E-state index in [1.807, 2.05) is 0 Å². The van der Waals surface area contributed by atoms with E-state index in [0.717, 1.165) is 19.3 Å². The smallest absolute Gasteiger partial charge is 0.315 e. The topological polar surface area (TPSA) is 120 Å². The van der Waals surface area contributed by atoms with Crippen LogP contribution in [0.15, 0.2) is 6.33 Å². The van der Waals surface area contributed by atoms with E-state index in [1.165, 1.54) is 6.33 Å². The van der Waals surface area contributed by atoms with Crippen LogP contribution >= 0.6 is 0 Å². The molecule has 0 radical (unpaired) electrons. The number of carbonyl (C=O) groups is 2. The van der Waals surface area contributed by atoms with E-state index in [-0.39, 0.29) is 23.9 Å². The summed E-state index contributed by atoms with van der Waals surface area (Å²) in [4.78, 5) is 26.6. The average Bonchev–Trinajstić information content (AvgIpc) is 2.85. The van der Waals surface area contributed by atoms with Gasteiger partial charge in [-0.15, -0.1) is 0 Å². The number of carboxylic acids is 1. The molecule has 1 aromatic heterocycles. The zero-order chi connectivity index (χ0) is 14.6. The number of aliphatic carboxylic acids is 1. The minimum atomic E-state index is -0.818. The predicted molar refractivity (Wildman–Crippen MR) is 69.9 cm³/mol. The van der Waals surface area contributed by atoms with Crippen LogP contribution in [0.3, 0.4) is 0 Å². The highest BCUT2D eigenvalue weighted by Crippen LogP contribution is 2.43. The third-order valence-electron chi connectivity index (χ3n) is 3.76. The molecule has 1 aliphatic rings. The maximum atomic E-state index is 11.8. The van der Waals surface area contributed by atoms with E-state index < -0.39 is 5.97 Å². The Morgan fingerprint density at radius 3 is 2.80 bits per heavy atom. The highest BCUT2D eigenvalue weighted by molar-refractivity contribution is 5.74. The number of carbonyl (C=O) groups excluding carboxylic acids is 1. The molecule has 8 heteroatoms. The summed E-state index contributed by atoms with van der Waals surface area (Å²) in [7, 11) is 0. The number of aromatic amines is 1. The lowest BCUT2D eigenvalue weighted by atomic mass is 9.66. The first-order valence-corrected chi connectivity index (χ1v) is 6.62. The second-order valence-corrected chi connectivity index (χ2v) is 5.34. The van der Waals surface area contributed by atoms with Crippen molar-refractivity contribution in [3.05, 3.63) is 12.2 Å². The van der Waals surface area contributed by atoms with Gasteiger partial charge in [0.25, 0.3) is 0 Å². The van der Waals surface area contributed by atoms with E-state index in [9.17, 15) is 9.59 Å². The van der Waals surface area contributed by atoms with Gasteiger partial charge in [0.05, 0.1) is 12.5 Å². The Hall–Kier alpha value is -2.12. The van der Waals surface area contributed by atoms with Gasteiger partial charge in [0.15, 0.2) is 0 Å². The summed E-state index contributed by atoms with van der Waals surface area (Å²) in [6, 6.07) is -0.611. The molecule has 1 heterocycles. The fourth-order valence-electron chi connectivity index (χ4n) is 2.42. The first-order chi connectivity index (χ1) is 9.51. The maximum absolute atomic E-state index is 11.8. The molecule has 2 rings (SSSR count). The van der Waals surface area contributed by atoms with Gasteiger partial charge >= 0.3 is 12.0 Å². The summed E-state index contributed by atoms with van der Waals surface area (Å²) < 4.78 is 0. The number of urea groups is 1. The molecule has 1 saturated carbocycles. The molecular formula is C12H19N5O3. The van der Waals surface area contributed by atoms with Crippen molar-refractivity contribution in [3.8, 4) is 0 Å². The summed E-state index contributed by atoms with van der Waals surface area (Å²) >= 11 is 0. The fraction of sp³-hybridized carbons (Fsp3) is 0.667. The molecule has 4 N–H and O–H groups in total. The molecule has 2 amide bonds. The summed E-state index contributed by atoms with van der Waals surface area (Å²) in [5, 5.41) is 20.8. The number of hydrogen-bond acceptors (Lipinski definition) is 4. The molecule has 0 saturated heterocycles. The number of H-pyrrole nitrogens is 1. The van der Waals surface area contributed by atoms with Gasteiger partial charge in [0, 0.05) is 6.54 Å². The SMILES string of the molecule is CC(NC(=O)NCC1(CC(=O)O)CCC1)c1ncn[nH]1. The van der Waals surface area contributed by atoms with Crippen LogP contribution in [0, 0.1) is 5.41 Å². The summed E-state index contributed by atoms with van der Waals surface area (Å²) in [5.74, 6) is -0.244. The van der Waals surface area contributed by atoms with Crippen LogP contribution in [0.1, 0.15) is 44.5 Å². The standard InChI is InChI=1S/C12H19N5O3/c1-8(10-14-7-15-17-10)16-11(20)13-6-12(3-2-4-12)5-9(18)19/h7-8H,2-6H2,1H3,(H,18,19)(H2,13,16,20)(H,14,15,17). The molecule has 1 atom stereocenters. The number of rotatable bonds is 6. The molecule has 0 spiro atoms. The molecular weight excluding hydrogens is 262 g/mol. The summed E-state index contributed by atoms with van der Waals surface area (Å²) in [6.07, 6.45) is 4.19. The Bertz CT molecular complexity index is 469. The van der Waals surface area contributed by atoms with Gasteiger partial charge in [0.2, 0.25) is 0 Å². The number of nitrogens with zero attached hydrogens (tertiary/aromatic N) is 2. The lowest BCUT2D eigenvalue weighted by molar-refractivity contribution is -0.141. The first-order valence-electron chi connectivity index (χ1n) is 6.62. The zero-order valence-electron chi connectivity index (χ0n) is 11.3. The Balaban J connectivity index is 1.78. The second kappa shape index (κ2) is 5.89. The Labute approximate surface area is 116 Å². The predicted octanol–water partition coefficient (Wildman–Crippen LogP) is 0.810. The molecule has 20 heavy (non-hydrogen) atoms. The summed E-state index contributed by atoms with van der Waals surface area (Å²) in [6.45, 7) is 2.17. The Kier molecular flexibility index (Phi) is 4.21. The molecule has 1 unspecified atom stereocenters. The van der Waals surface area contributed by atoms with Crippen LogP contribution in [-0.4, -0.2) is 38.8 Å². The average molecular weight is 281 g/mol. The number of nitrogens with one attached hydrogen (secondary N) is 3. The van der Waals surface area contributed by atoms with E-state index in [0.29, 0.717) is 12.4 Å².